The molecule has 34 heavy (non-hydrogen) atoms. The van der Waals surface area contributed by atoms with Crippen LogP contribution in [0, 0.1) is 24.2 Å². The minimum atomic E-state index is -0.497. The highest BCUT2D eigenvalue weighted by atomic mass is 32.1. The molecule has 1 aromatic rings. The maximum absolute atomic E-state index is 13.2. The van der Waals surface area contributed by atoms with Crippen LogP contribution in [0.3, 0.4) is 0 Å². The van der Waals surface area contributed by atoms with Crippen LogP contribution in [0.2, 0.25) is 0 Å². The van der Waals surface area contributed by atoms with Gasteiger partial charge >= 0.3 is 0 Å². The smallest absolute Gasteiger partial charge is 0.220 e. The van der Waals surface area contributed by atoms with Gasteiger partial charge < -0.3 is 10.1 Å². The lowest BCUT2D eigenvalue weighted by atomic mass is 9.75. The van der Waals surface area contributed by atoms with Gasteiger partial charge in [-0.3, -0.25) is 9.59 Å². The molecule has 5 atom stereocenters. The minimum absolute atomic E-state index is 0.00940. The molecule has 0 radical (unpaired) electrons. The van der Waals surface area contributed by atoms with Gasteiger partial charge in [-0.25, -0.2) is 4.98 Å². The highest BCUT2D eigenvalue weighted by molar-refractivity contribution is 7.09. The number of aromatic nitrogens is 1. The van der Waals surface area contributed by atoms with E-state index < -0.39 is 5.41 Å². The summed E-state index contributed by atoms with van der Waals surface area (Å²) in [6, 6.07) is -0.0871. The number of Topliss-reactive ketones (excluding diaryl/α,β-unsaturated/α-hetero) is 1. The summed E-state index contributed by atoms with van der Waals surface area (Å²) in [6.45, 7) is 14.7. The molecule has 2 saturated heterocycles. The van der Waals surface area contributed by atoms with E-state index in [0.29, 0.717) is 18.8 Å². The molecular formula is C28H44N2O3S. The first-order chi connectivity index (χ1) is 15.9. The predicted octanol–water partition coefficient (Wildman–Crippen LogP) is 6.50. The molecule has 190 valence electrons. The van der Waals surface area contributed by atoms with Gasteiger partial charge in [0.15, 0.2) is 0 Å². The molecule has 5 nitrogen and oxygen atoms in total. The summed E-state index contributed by atoms with van der Waals surface area (Å²) in [4.78, 5) is 30.9. The molecule has 1 N–H and O–H groups in total. The lowest BCUT2D eigenvalue weighted by molar-refractivity contribution is -0.132. The van der Waals surface area contributed by atoms with E-state index in [1.165, 1.54) is 5.57 Å². The zero-order chi connectivity index (χ0) is 25.1. The standard InChI is InChI=1S/C28H44N2O3S/c1-8-21(15-22-17-34-20(4)29-22)23-16-24-28(7,33-24)12-9-10-18(2)14-19(3)26(32)27(5,6)13-11-25(31)30-23/h15,17-19,23-24H,8-14,16H2,1-7H3,(H,30,31)/b21-15+. The fourth-order valence-corrected chi connectivity index (χ4v) is 6.09. The van der Waals surface area contributed by atoms with Crippen LogP contribution in [-0.4, -0.2) is 34.4 Å². The Kier molecular flexibility index (Phi) is 8.78. The Morgan fingerprint density at radius 3 is 2.62 bits per heavy atom. The van der Waals surface area contributed by atoms with Crippen LogP contribution in [0.1, 0.15) is 104 Å². The fourth-order valence-electron chi connectivity index (χ4n) is 5.52. The number of ether oxygens (including phenoxy) is 1. The quantitative estimate of drug-likeness (QED) is 0.493. The van der Waals surface area contributed by atoms with Crippen LogP contribution >= 0.6 is 11.3 Å². The van der Waals surface area contributed by atoms with Gasteiger partial charge in [0.2, 0.25) is 5.91 Å². The molecule has 1 amide bonds. The number of nitrogens with zero attached hydrogens (tertiary/aromatic N) is 1. The Morgan fingerprint density at radius 2 is 1.97 bits per heavy atom. The van der Waals surface area contributed by atoms with Crippen LogP contribution in [0.25, 0.3) is 6.08 Å². The first-order valence-electron chi connectivity index (χ1n) is 13.1. The Morgan fingerprint density at radius 1 is 1.24 bits per heavy atom. The number of hydrogen-bond acceptors (Lipinski definition) is 5. The summed E-state index contributed by atoms with van der Waals surface area (Å²) < 4.78 is 6.20. The van der Waals surface area contributed by atoms with Crippen molar-refractivity contribution < 1.29 is 14.3 Å². The largest absolute Gasteiger partial charge is 0.366 e. The van der Waals surface area contributed by atoms with Crippen molar-refractivity contribution >= 4 is 29.1 Å². The molecule has 6 heteroatoms. The maximum atomic E-state index is 13.2. The summed E-state index contributed by atoms with van der Waals surface area (Å²) in [7, 11) is 0. The minimum Gasteiger partial charge on any atom is -0.366 e. The van der Waals surface area contributed by atoms with E-state index in [1.807, 2.05) is 20.8 Å². The molecule has 0 spiro atoms. The third-order valence-corrected chi connectivity index (χ3v) is 8.66. The van der Waals surface area contributed by atoms with Gasteiger partial charge in [-0.15, -0.1) is 11.3 Å². The number of nitrogens with one attached hydrogen (secondary N) is 1. The monoisotopic (exact) mass is 488 g/mol. The topological polar surface area (TPSA) is 71.6 Å². The molecule has 5 unspecified atom stereocenters. The molecular weight excluding hydrogens is 444 g/mol. The van der Waals surface area contributed by atoms with Crippen molar-refractivity contribution in [3.05, 3.63) is 21.7 Å². The Balaban J connectivity index is 1.82. The van der Waals surface area contributed by atoms with Crippen LogP contribution < -0.4 is 5.32 Å². The molecule has 0 saturated carbocycles. The van der Waals surface area contributed by atoms with E-state index in [-0.39, 0.29) is 35.4 Å². The molecule has 0 bridgehead atoms. The van der Waals surface area contributed by atoms with Gasteiger partial charge in [0.1, 0.15) is 5.78 Å². The van der Waals surface area contributed by atoms with E-state index in [4.69, 9.17) is 4.74 Å². The number of hydrogen-bond donors (Lipinski definition) is 1. The second-order valence-corrected chi connectivity index (χ2v) is 12.6. The molecule has 0 aliphatic carbocycles. The average molecular weight is 489 g/mol. The van der Waals surface area contributed by atoms with Gasteiger partial charge in [0.05, 0.1) is 28.4 Å². The molecule has 3 rings (SSSR count). The second-order valence-electron chi connectivity index (χ2n) is 11.5. The summed E-state index contributed by atoms with van der Waals surface area (Å²) in [5.41, 5.74) is 1.52. The molecule has 1 aromatic heterocycles. The number of thiazole rings is 1. The number of fused-ring (bicyclic) bond motifs is 1. The molecule has 0 aromatic carbocycles. The first kappa shape index (κ1) is 27.1. The van der Waals surface area contributed by atoms with E-state index in [0.717, 1.165) is 49.2 Å². The van der Waals surface area contributed by atoms with Gasteiger partial charge in [-0.05, 0) is 57.1 Å². The van der Waals surface area contributed by atoms with Gasteiger partial charge in [-0.1, -0.05) is 47.5 Å². The number of amides is 1. The highest BCUT2D eigenvalue weighted by Gasteiger charge is 2.52. The van der Waals surface area contributed by atoms with Crippen molar-refractivity contribution in [1.82, 2.24) is 10.3 Å². The Bertz CT molecular complexity index is 905. The van der Waals surface area contributed by atoms with E-state index >= 15 is 0 Å². The fraction of sp³-hybridized carbons (Fsp3) is 0.750. The van der Waals surface area contributed by atoms with E-state index in [9.17, 15) is 9.59 Å². The van der Waals surface area contributed by atoms with Crippen molar-refractivity contribution in [3.8, 4) is 0 Å². The van der Waals surface area contributed by atoms with Crippen LogP contribution in [-0.2, 0) is 14.3 Å². The van der Waals surface area contributed by atoms with Crippen molar-refractivity contribution in [3.63, 3.8) is 0 Å². The zero-order valence-electron chi connectivity index (χ0n) is 22.2. The lowest BCUT2D eigenvalue weighted by Crippen LogP contribution is -2.39. The third-order valence-electron chi connectivity index (χ3n) is 7.86. The predicted molar refractivity (Wildman–Crippen MR) is 140 cm³/mol. The number of ketones is 1. The summed E-state index contributed by atoms with van der Waals surface area (Å²) in [6.07, 6.45) is 8.98. The summed E-state index contributed by atoms with van der Waals surface area (Å²) in [5, 5.41) is 6.40. The second kappa shape index (κ2) is 11.0. The average Bonchev–Trinajstić information content (AvgIpc) is 3.20. The summed E-state index contributed by atoms with van der Waals surface area (Å²) in [5.74, 6) is 0.817. The molecule has 2 aliphatic rings. The SMILES string of the molecule is CC/C(=C\c1csc(C)n1)C1CC2OC2(C)CCCC(C)CC(C)C(=O)C(C)(C)CCC(=O)N1. The molecule has 2 fully saturated rings. The lowest BCUT2D eigenvalue weighted by Gasteiger charge is -2.29. The first-order valence-corrected chi connectivity index (χ1v) is 14.0. The number of aryl methyl sites for hydroxylation is 1. The van der Waals surface area contributed by atoms with Crippen LogP contribution in [0.4, 0.5) is 0 Å². The van der Waals surface area contributed by atoms with E-state index in [1.54, 1.807) is 11.3 Å². The third kappa shape index (κ3) is 7.00. The van der Waals surface area contributed by atoms with Crippen molar-refractivity contribution in [2.24, 2.45) is 17.3 Å². The van der Waals surface area contributed by atoms with E-state index in [2.05, 4.69) is 49.5 Å². The van der Waals surface area contributed by atoms with Gasteiger partial charge in [0.25, 0.3) is 0 Å². The number of epoxide rings is 1. The molecule has 3 heterocycles. The summed E-state index contributed by atoms with van der Waals surface area (Å²) >= 11 is 1.64. The number of carbonyl (C=O) groups excluding carboxylic acids is 2. The van der Waals surface area contributed by atoms with Crippen molar-refractivity contribution in [2.45, 2.75) is 118 Å². The van der Waals surface area contributed by atoms with Crippen molar-refractivity contribution in [2.75, 3.05) is 0 Å². The Hall–Kier alpha value is -1.53. The normalized spacial score (nSPS) is 33.8. The van der Waals surface area contributed by atoms with Crippen LogP contribution in [0.5, 0.6) is 0 Å². The zero-order valence-corrected chi connectivity index (χ0v) is 23.0. The number of carbonyl (C=O) groups is 2. The maximum Gasteiger partial charge on any atom is 0.220 e. The van der Waals surface area contributed by atoms with Crippen molar-refractivity contribution in [1.29, 1.82) is 0 Å². The number of rotatable bonds is 3. The Labute approximate surface area is 210 Å². The molecule has 2 aliphatic heterocycles. The highest BCUT2D eigenvalue weighted by Crippen LogP contribution is 2.44. The van der Waals surface area contributed by atoms with Gasteiger partial charge in [0, 0.05) is 29.6 Å². The van der Waals surface area contributed by atoms with Crippen LogP contribution in [0.15, 0.2) is 11.0 Å². The van der Waals surface area contributed by atoms with Gasteiger partial charge in [-0.2, -0.15) is 0 Å².